The lowest BCUT2D eigenvalue weighted by atomic mass is 10.2. The van der Waals surface area contributed by atoms with Gasteiger partial charge in [0, 0.05) is 11.1 Å². The Balaban J connectivity index is 3.20. The smallest absolute Gasteiger partial charge is 0.339 e. The number of hydrogen-bond acceptors (Lipinski definition) is 3. The fourth-order valence-corrected chi connectivity index (χ4v) is 1.55. The maximum atomic E-state index is 11.1. The van der Waals surface area contributed by atoms with Gasteiger partial charge >= 0.3 is 5.97 Å². The van der Waals surface area contributed by atoms with Crippen molar-refractivity contribution in [2.75, 3.05) is 13.2 Å². The van der Waals surface area contributed by atoms with Gasteiger partial charge in [-0.05, 0) is 19.4 Å². The number of benzene rings is 1. The number of carboxylic acid groups (broad SMARTS) is 1. The van der Waals surface area contributed by atoms with Gasteiger partial charge in [0.1, 0.15) is 5.56 Å². The minimum absolute atomic E-state index is 0.0226. The maximum absolute atomic E-state index is 11.1. The summed E-state index contributed by atoms with van der Waals surface area (Å²) < 4.78 is 10.8. The van der Waals surface area contributed by atoms with Gasteiger partial charge in [-0.25, -0.2) is 4.79 Å². The molecule has 1 N–H and O–H groups in total. The second-order valence-corrected chi connectivity index (χ2v) is 3.80. The number of rotatable bonds is 6. The first-order chi connectivity index (χ1) is 8.10. The lowest BCUT2D eigenvalue weighted by Gasteiger charge is -2.14. The quantitative estimate of drug-likeness (QED) is 0.851. The summed E-state index contributed by atoms with van der Waals surface area (Å²) >= 11 is 5.84. The van der Waals surface area contributed by atoms with Crippen molar-refractivity contribution in [1.82, 2.24) is 0 Å². The number of carbonyl (C=O) groups is 1. The van der Waals surface area contributed by atoms with E-state index in [1.807, 2.05) is 13.8 Å². The number of hydrogen-bond donors (Lipinski definition) is 1. The van der Waals surface area contributed by atoms with Crippen LogP contribution in [0.2, 0.25) is 5.02 Å². The molecule has 4 nitrogen and oxygen atoms in total. The van der Waals surface area contributed by atoms with Crippen LogP contribution in [0, 0.1) is 0 Å². The van der Waals surface area contributed by atoms with E-state index in [1.165, 1.54) is 6.07 Å². The molecule has 0 aromatic heterocycles. The summed E-state index contributed by atoms with van der Waals surface area (Å²) in [5.41, 5.74) is 0.0226. The van der Waals surface area contributed by atoms with Gasteiger partial charge in [-0.2, -0.15) is 0 Å². The van der Waals surface area contributed by atoms with E-state index in [0.717, 1.165) is 6.42 Å². The molecule has 0 spiro atoms. The predicted molar refractivity (Wildman–Crippen MR) is 65.4 cm³/mol. The molecule has 1 aromatic rings. The molecule has 0 saturated carbocycles. The van der Waals surface area contributed by atoms with E-state index >= 15 is 0 Å². The number of ether oxygens (including phenoxy) is 2. The van der Waals surface area contributed by atoms with Crippen molar-refractivity contribution in [3.8, 4) is 11.5 Å². The van der Waals surface area contributed by atoms with Gasteiger partial charge in [-0.1, -0.05) is 18.5 Å². The SMILES string of the molecule is CCCOc1c(OCC)cc(Cl)cc1C(=O)O. The van der Waals surface area contributed by atoms with Gasteiger partial charge in [0.15, 0.2) is 11.5 Å². The molecule has 0 heterocycles. The Bertz CT molecular complexity index is 404. The first-order valence-electron chi connectivity index (χ1n) is 5.42. The Kier molecular flexibility index (Phi) is 5.10. The van der Waals surface area contributed by atoms with Crippen molar-refractivity contribution in [3.05, 3.63) is 22.7 Å². The van der Waals surface area contributed by atoms with Gasteiger partial charge in [0.25, 0.3) is 0 Å². The molecule has 0 fully saturated rings. The number of aromatic carboxylic acids is 1. The van der Waals surface area contributed by atoms with E-state index < -0.39 is 5.97 Å². The standard InChI is InChI=1S/C12H15ClO4/c1-3-5-17-11-9(12(14)15)6-8(13)7-10(11)16-4-2/h6-7H,3-5H2,1-2H3,(H,14,15). The topological polar surface area (TPSA) is 55.8 Å². The van der Waals surface area contributed by atoms with Crippen LogP contribution in [-0.4, -0.2) is 24.3 Å². The van der Waals surface area contributed by atoms with Crippen LogP contribution in [0.4, 0.5) is 0 Å². The van der Waals surface area contributed by atoms with Crippen LogP contribution >= 0.6 is 11.6 Å². The molecule has 1 rings (SSSR count). The third-order valence-electron chi connectivity index (χ3n) is 2.00. The molecule has 0 bridgehead atoms. The van der Waals surface area contributed by atoms with Gasteiger partial charge in [0.05, 0.1) is 13.2 Å². The third kappa shape index (κ3) is 3.53. The summed E-state index contributed by atoms with van der Waals surface area (Å²) in [4.78, 5) is 11.1. The Hall–Kier alpha value is -1.42. The van der Waals surface area contributed by atoms with Gasteiger partial charge < -0.3 is 14.6 Å². The van der Waals surface area contributed by atoms with Crippen molar-refractivity contribution < 1.29 is 19.4 Å². The number of halogens is 1. The van der Waals surface area contributed by atoms with Crippen molar-refractivity contribution >= 4 is 17.6 Å². The molecule has 17 heavy (non-hydrogen) atoms. The van der Waals surface area contributed by atoms with Crippen LogP contribution in [0.1, 0.15) is 30.6 Å². The minimum atomic E-state index is -1.08. The van der Waals surface area contributed by atoms with Crippen LogP contribution in [0.15, 0.2) is 12.1 Å². The Labute approximate surface area is 105 Å². The molecular formula is C12H15ClO4. The van der Waals surface area contributed by atoms with E-state index in [1.54, 1.807) is 6.07 Å². The maximum Gasteiger partial charge on any atom is 0.339 e. The molecular weight excluding hydrogens is 244 g/mol. The van der Waals surface area contributed by atoms with Crippen LogP contribution in [0.25, 0.3) is 0 Å². The zero-order valence-electron chi connectivity index (χ0n) is 9.83. The zero-order valence-corrected chi connectivity index (χ0v) is 10.6. The van der Waals surface area contributed by atoms with Crippen molar-refractivity contribution in [2.24, 2.45) is 0 Å². The molecule has 1 aromatic carbocycles. The fourth-order valence-electron chi connectivity index (χ4n) is 1.34. The fraction of sp³-hybridized carbons (Fsp3) is 0.417. The van der Waals surface area contributed by atoms with Gasteiger partial charge in [0.2, 0.25) is 0 Å². The number of carboxylic acids is 1. The van der Waals surface area contributed by atoms with Gasteiger partial charge in [-0.3, -0.25) is 0 Å². The third-order valence-corrected chi connectivity index (χ3v) is 2.22. The highest BCUT2D eigenvalue weighted by Crippen LogP contribution is 2.35. The zero-order chi connectivity index (χ0) is 12.8. The second-order valence-electron chi connectivity index (χ2n) is 3.37. The van der Waals surface area contributed by atoms with Gasteiger partial charge in [-0.15, -0.1) is 0 Å². The van der Waals surface area contributed by atoms with Crippen LogP contribution in [0.3, 0.4) is 0 Å². The van der Waals surface area contributed by atoms with E-state index in [0.29, 0.717) is 24.0 Å². The molecule has 0 aliphatic rings. The van der Waals surface area contributed by atoms with E-state index in [9.17, 15) is 4.79 Å². The summed E-state index contributed by atoms with van der Waals surface area (Å²) in [5.74, 6) is -0.476. The highest BCUT2D eigenvalue weighted by molar-refractivity contribution is 6.31. The first-order valence-corrected chi connectivity index (χ1v) is 5.80. The normalized spacial score (nSPS) is 10.1. The Morgan fingerprint density at radius 2 is 2.06 bits per heavy atom. The summed E-state index contributed by atoms with van der Waals surface area (Å²) in [5, 5.41) is 9.40. The molecule has 0 amide bonds. The van der Waals surface area contributed by atoms with Crippen molar-refractivity contribution in [2.45, 2.75) is 20.3 Å². The van der Waals surface area contributed by atoms with Crippen LogP contribution in [-0.2, 0) is 0 Å². The summed E-state index contributed by atoms with van der Waals surface area (Å²) in [7, 11) is 0. The van der Waals surface area contributed by atoms with Crippen LogP contribution < -0.4 is 9.47 Å². The van der Waals surface area contributed by atoms with E-state index in [2.05, 4.69) is 0 Å². The molecule has 0 saturated heterocycles. The lowest BCUT2D eigenvalue weighted by molar-refractivity contribution is 0.0691. The highest BCUT2D eigenvalue weighted by Gasteiger charge is 2.18. The molecule has 0 atom stereocenters. The first kappa shape index (κ1) is 13.6. The Morgan fingerprint density at radius 3 is 2.59 bits per heavy atom. The molecule has 0 aliphatic heterocycles. The summed E-state index contributed by atoms with van der Waals surface area (Å²) in [6.45, 7) is 4.60. The minimum Gasteiger partial charge on any atom is -0.490 e. The lowest BCUT2D eigenvalue weighted by Crippen LogP contribution is -2.07. The molecule has 0 radical (unpaired) electrons. The van der Waals surface area contributed by atoms with Crippen LogP contribution in [0.5, 0.6) is 11.5 Å². The van der Waals surface area contributed by atoms with E-state index in [4.69, 9.17) is 26.2 Å². The molecule has 0 unspecified atom stereocenters. The highest BCUT2D eigenvalue weighted by atomic mass is 35.5. The molecule has 0 aliphatic carbocycles. The van der Waals surface area contributed by atoms with Crippen molar-refractivity contribution in [3.63, 3.8) is 0 Å². The van der Waals surface area contributed by atoms with Crippen molar-refractivity contribution in [1.29, 1.82) is 0 Å². The van der Waals surface area contributed by atoms with E-state index in [-0.39, 0.29) is 11.3 Å². The monoisotopic (exact) mass is 258 g/mol. The Morgan fingerprint density at radius 1 is 1.35 bits per heavy atom. The average molecular weight is 259 g/mol. The molecule has 5 heteroatoms. The summed E-state index contributed by atoms with van der Waals surface area (Å²) in [6.07, 6.45) is 0.785. The second kappa shape index (κ2) is 6.35. The largest absolute Gasteiger partial charge is 0.490 e. The summed E-state index contributed by atoms with van der Waals surface area (Å²) in [6, 6.07) is 2.92. The molecule has 94 valence electrons. The average Bonchev–Trinajstić information content (AvgIpc) is 2.27. The predicted octanol–water partition coefficient (Wildman–Crippen LogP) is 3.23.